The van der Waals surface area contributed by atoms with E-state index >= 15 is 0 Å². The second kappa shape index (κ2) is 10.6. The normalized spacial score (nSPS) is 12.5. The van der Waals surface area contributed by atoms with Gasteiger partial charge in [-0.15, -0.1) is 9.45 Å². The van der Waals surface area contributed by atoms with Crippen molar-refractivity contribution in [2.45, 2.75) is 9.79 Å². The van der Waals surface area contributed by atoms with Crippen LogP contribution in [0, 0.1) is 0 Å². The van der Waals surface area contributed by atoms with Crippen LogP contribution in [0.2, 0.25) is 0 Å². The number of azo groups is 1. The lowest BCUT2D eigenvalue weighted by molar-refractivity contribution is -0.432. The molecule has 0 aliphatic carbocycles. The summed E-state index contributed by atoms with van der Waals surface area (Å²) in [5.74, 6) is -0.855. The second-order valence-electron chi connectivity index (χ2n) is 6.53. The van der Waals surface area contributed by atoms with Gasteiger partial charge in [0.15, 0.2) is 9.84 Å². The van der Waals surface area contributed by atoms with Gasteiger partial charge in [0.1, 0.15) is 11.4 Å². The van der Waals surface area contributed by atoms with Crippen LogP contribution >= 0.6 is 12.0 Å². The largest absolute Gasteiger partial charge is 0.507 e. The number of benzene rings is 3. The van der Waals surface area contributed by atoms with Gasteiger partial charge in [-0.3, -0.25) is 4.55 Å². The number of phenolic OH excluding ortho intramolecular Hbond substituents is 1. The van der Waals surface area contributed by atoms with Gasteiger partial charge in [0, 0.05) is 4.90 Å². The molecule has 0 aliphatic rings. The maximum atomic E-state index is 12.2. The fraction of sp³-hybridized carbons (Fsp3) is 0.111. The van der Waals surface area contributed by atoms with Crippen molar-refractivity contribution in [1.82, 2.24) is 0 Å². The fourth-order valence-corrected chi connectivity index (χ4v) is 4.75. The van der Waals surface area contributed by atoms with E-state index < -0.39 is 32.6 Å². The zero-order chi connectivity index (χ0) is 24.9. The Balaban J connectivity index is 1.84. The standard InChI is InChI=1S/C18H17N3O10S3/c19-15-6-1-11-9-13(32-31-30-23)10-16(22)17(11)18(15)21-20-12-2-4-14(5-3-12)33(24,25)8-7-29-34(26,27)28/h1-6,9-10,22-23H,7-8,19H2,(H,26,27,28). The molecule has 5 N–H and O–H groups in total. The second-order valence-corrected chi connectivity index (χ2v) is 10.5. The van der Waals surface area contributed by atoms with Crippen molar-refractivity contribution in [3.05, 3.63) is 48.5 Å². The predicted molar refractivity (Wildman–Crippen MR) is 121 cm³/mol. The summed E-state index contributed by atoms with van der Waals surface area (Å²) in [6.45, 7) is -0.744. The number of aromatic hydroxyl groups is 1. The molecular formula is C18H17N3O10S3. The van der Waals surface area contributed by atoms with Crippen molar-refractivity contribution in [3.8, 4) is 5.75 Å². The van der Waals surface area contributed by atoms with Crippen LogP contribution in [-0.2, 0) is 33.8 Å². The Kier molecular flexibility index (Phi) is 8.05. The van der Waals surface area contributed by atoms with Crippen LogP contribution in [0.15, 0.2) is 68.6 Å². The van der Waals surface area contributed by atoms with E-state index in [2.05, 4.69) is 23.8 Å². The predicted octanol–water partition coefficient (Wildman–Crippen LogP) is 3.56. The zero-order valence-corrected chi connectivity index (χ0v) is 19.4. The third-order valence-electron chi connectivity index (χ3n) is 4.28. The molecule has 0 fully saturated rings. The number of sulfone groups is 1. The Morgan fingerprint density at radius 3 is 2.35 bits per heavy atom. The highest BCUT2D eigenvalue weighted by molar-refractivity contribution is 7.94. The molecule has 0 heterocycles. The molecule has 0 saturated carbocycles. The van der Waals surface area contributed by atoms with Crippen LogP contribution in [0.1, 0.15) is 0 Å². The van der Waals surface area contributed by atoms with Crippen molar-refractivity contribution in [3.63, 3.8) is 0 Å². The van der Waals surface area contributed by atoms with Gasteiger partial charge in [0.25, 0.3) is 0 Å². The van der Waals surface area contributed by atoms with E-state index in [1.807, 2.05) is 0 Å². The van der Waals surface area contributed by atoms with Crippen LogP contribution in [-0.4, -0.2) is 44.1 Å². The summed E-state index contributed by atoms with van der Waals surface area (Å²) in [7, 11) is -8.62. The molecule has 0 unspecified atom stereocenters. The Morgan fingerprint density at radius 2 is 1.71 bits per heavy atom. The van der Waals surface area contributed by atoms with Crippen LogP contribution in [0.3, 0.4) is 0 Å². The first-order valence-electron chi connectivity index (χ1n) is 9.06. The molecule has 3 aromatic rings. The molecule has 0 saturated heterocycles. The topological polar surface area (TPSA) is 207 Å². The van der Waals surface area contributed by atoms with Crippen LogP contribution in [0.5, 0.6) is 5.75 Å². The quantitative estimate of drug-likeness (QED) is 0.0739. The Labute approximate surface area is 197 Å². The first-order valence-corrected chi connectivity index (χ1v) is 12.8. The highest BCUT2D eigenvalue weighted by atomic mass is 32.3. The molecule has 0 radical (unpaired) electrons. The van der Waals surface area contributed by atoms with E-state index in [9.17, 15) is 21.9 Å². The molecule has 0 spiro atoms. The number of hydrogen-bond acceptors (Lipinski definition) is 13. The summed E-state index contributed by atoms with van der Waals surface area (Å²) >= 11 is 0.662. The number of hydrogen-bond donors (Lipinski definition) is 4. The average molecular weight is 532 g/mol. The molecule has 34 heavy (non-hydrogen) atoms. The number of nitrogen functional groups attached to an aromatic ring is 1. The summed E-state index contributed by atoms with van der Waals surface area (Å²) in [5, 5.41) is 31.2. The van der Waals surface area contributed by atoms with Crippen molar-refractivity contribution < 1.29 is 45.3 Å². The zero-order valence-electron chi connectivity index (χ0n) is 16.9. The van der Waals surface area contributed by atoms with Gasteiger partial charge < -0.3 is 10.8 Å². The molecule has 0 bridgehead atoms. The van der Waals surface area contributed by atoms with Gasteiger partial charge in [-0.2, -0.15) is 13.5 Å². The van der Waals surface area contributed by atoms with Crippen LogP contribution < -0.4 is 5.73 Å². The maximum Gasteiger partial charge on any atom is 0.397 e. The molecular weight excluding hydrogens is 514 g/mol. The minimum absolute atomic E-state index is 0.119. The van der Waals surface area contributed by atoms with Gasteiger partial charge in [-0.25, -0.2) is 17.9 Å². The smallest absolute Gasteiger partial charge is 0.397 e. The Morgan fingerprint density at radius 1 is 1.00 bits per heavy atom. The minimum atomic E-state index is -4.74. The van der Waals surface area contributed by atoms with Crippen molar-refractivity contribution in [1.29, 1.82) is 0 Å². The number of nitrogens with zero attached hydrogens (tertiary/aromatic N) is 2. The molecule has 13 nitrogen and oxygen atoms in total. The monoisotopic (exact) mass is 531 g/mol. The molecule has 3 rings (SSSR count). The average Bonchev–Trinajstić information content (AvgIpc) is 2.76. The van der Waals surface area contributed by atoms with Gasteiger partial charge in [0.2, 0.25) is 0 Å². The van der Waals surface area contributed by atoms with E-state index in [-0.39, 0.29) is 27.7 Å². The Hall–Kier alpha value is -2.83. The molecule has 0 amide bonds. The lowest BCUT2D eigenvalue weighted by Gasteiger charge is -2.09. The summed E-state index contributed by atoms with van der Waals surface area (Å²) < 4.78 is 62.5. The first-order chi connectivity index (χ1) is 16.0. The van der Waals surface area contributed by atoms with E-state index in [0.29, 0.717) is 27.7 Å². The molecule has 0 aromatic heterocycles. The van der Waals surface area contributed by atoms with Gasteiger partial charge in [-0.1, -0.05) is 11.1 Å². The molecule has 0 atom stereocenters. The van der Waals surface area contributed by atoms with Crippen LogP contribution in [0.4, 0.5) is 17.1 Å². The van der Waals surface area contributed by atoms with Gasteiger partial charge >= 0.3 is 10.4 Å². The highest BCUT2D eigenvalue weighted by Crippen LogP contribution is 2.41. The highest BCUT2D eigenvalue weighted by Gasteiger charge is 2.17. The molecule has 3 aromatic carbocycles. The summed E-state index contributed by atoms with van der Waals surface area (Å²) in [6, 6.07) is 11.4. The van der Waals surface area contributed by atoms with E-state index in [1.54, 1.807) is 18.2 Å². The molecule has 0 aliphatic heterocycles. The first kappa shape index (κ1) is 25.8. The third-order valence-corrected chi connectivity index (χ3v) is 7.00. The van der Waals surface area contributed by atoms with E-state index in [1.165, 1.54) is 30.3 Å². The lowest BCUT2D eigenvalue weighted by atomic mass is 10.1. The lowest BCUT2D eigenvalue weighted by Crippen LogP contribution is -2.15. The SMILES string of the molecule is Nc1ccc2cc(SOOO)cc(O)c2c1N=Nc1ccc(S(=O)(=O)CCOS(=O)(=O)O)cc1. The van der Waals surface area contributed by atoms with E-state index in [4.69, 9.17) is 15.5 Å². The number of phenols is 1. The number of anilines is 1. The number of nitrogens with two attached hydrogens (primary N) is 1. The summed E-state index contributed by atoms with van der Waals surface area (Å²) in [5.41, 5.74) is 6.66. The summed E-state index contributed by atoms with van der Waals surface area (Å²) in [4.78, 5) is 0.303. The van der Waals surface area contributed by atoms with Gasteiger partial charge in [-0.05, 0) is 47.9 Å². The van der Waals surface area contributed by atoms with Crippen molar-refractivity contribution in [2.75, 3.05) is 18.1 Å². The number of rotatable bonds is 10. The molecule has 182 valence electrons. The van der Waals surface area contributed by atoms with Crippen LogP contribution in [0.25, 0.3) is 10.8 Å². The summed E-state index contributed by atoms with van der Waals surface area (Å²) in [6.07, 6.45) is 0. The van der Waals surface area contributed by atoms with Gasteiger partial charge in [0.05, 0.1) is 46.1 Å². The Bertz CT molecular complexity index is 1430. The third kappa shape index (κ3) is 6.61. The van der Waals surface area contributed by atoms with Crippen molar-refractivity contribution >= 4 is 60.1 Å². The van der Waals surface area contributed by atoms with Crippen molar-refractivity contribution in [2.24, 2.45) is 10.2 Å². The minimum Gasteiger partial charge on any atom is -0.507 e. The fourth-order valence-electron chi connectivity index (χ4n) is 2.82. The van der Waals surface area contributed by atoms with E-state index in [0.717, 1.165) is 0 Å². The maximum absolute atomic E-state index is 12.2. The molecule has 16 heteroatoms. The number of fused-ring (bicyclic) bond motifs is 1.